The average Bonchev–Trinajstić information content (AvgIpc) is 2.61. The predicted molar refractivity (Wildman–Crippen MR) is 98.4 cm³/mol. The van der Waals surface area contributed by atoms with E-state index in [2.05, 4.69) is 5.32 Å². The van der Waals surface area contributed by atoms with Gasteiger partial charge in [-0.3, -0.25) is 14.9 Å². The number of rotatable bonds is 0. The van der Waals surface area contributed by atoms with E-state index in [0.29, 0.717) is 13.2 Å². The van der Waals surface area contributed by atoms with Crippen LogP contribution in [0, 0.1) is 0 Å². The number of carbonyl (C=O) groups excluding carboxylic acids is 2. The fraction of sp³-hybridized carbons (Fsp3) is 0.895. The largest absolute Gasteiger partial charge is 0.380 e. The quantitative estimate of drug-likeness (QED) is 0.675. The van der Waals surface area contributed by atoms with Crippen molar-refractivity contribution in [3.05, 3.63) is 0 Å². The van der Waals surface area contributed by atoms with Gasteiger partial charge in [0, 0.05) is 32.8 Å². The predicted octanol–water partition coefficient (Wildman–Crippen LogP) is 1.79. The van der Waals surface area contributed by atoms with E-state index < -0.39 is 0 Å². The molecule has 6 heteroatoms. The molecular weight excluding hydrogens is 318 g/mol. The van der Waals surface area contributed by atoms with Gasteiger partial charge in [0.2, 0.25) is 11.8 Å². The van der Waals surface area contributed by atoms with Crippen LogP contribution in [0.5, 0.6) is 0 Å². The van der Waals surface area contributed by atoms with Crippen molar-refractivity contribution in [3.63, 3.8) is 0 Å². The van der Waals surface area contributed by atoms with Crippen molar-refractivity contribution >= 4 is 11.8 Å². The molecule has 0 radical (unpaired) electrons. The van der Waals surface area contributed by atoms with Crippen LogP contribution in [0.25, 0.3) is 0 Å². The summed E-state index contributed by atoms with van der Waals surface area (Å²) < 4.78 is 5.71. The second-order valence-corrected chi connectivity index (χ2v) is 7.16. The molecular formula is C19H35N3O3. The third-order valence-corrected chi connectivity index (χ3v) is 5.09. The van der Waals surface area contributed by atoms with Crippen LogP contribution >= 0.6 is 0 Å². The standard InChI is InChI=1S/C19H35N3O3/c23-18-16-20-17-19(24)22-12-7-4-2-1-3-6-10-21(18)11-8-5-9-14-25-15-13-22/h20H,1-17H2. The number of fused-ring (bicyclic) bond motifs is 6. The first kappa shape index (κ1) is 20.2. The van der Waals surface area contributed by atoms with E-state index in [0.717, 1.165) is 58.3 Å². The van der Waals surface area contributed by atoms with Gasteiger partial charge in [-0.2, -0.15) is 0 Å². The Hall–Kier alpha value is -1.14. The summed E-state index contributed by atoms with van der Waals surface area (Å²) in [5, 5.41) is 3.06. The van der Waals surface area contributed by atoms with Gasteiger partial charge >= 0.3 is 0 Å². The van der Waals surface area contributed by atoms with Crippen molar-refractivity contribution in [3.8, 4) is 0 Å². The van der Waals surface area contributed by atoms with E-state index in [9.17, 15) is 9.59 Å². The van der Waals surface area contributed by atoms with Crippen LogP contribution in [0.4, 0.5) is 0 Å². The number of hydrogen-bond acceptors (Lipinski definition) is 4. The zero-order valence-electron chi connectivity index (χ0n) is 15.6. The maximum absolute atomic E-state index is 12.5. The summed E-state index contributed by atoms with van der Waals surface area (Å²) in [6.07, 6.45) is 10.1. The number of ether oxygens (including phenoxy) is 1. The first-order valence-electron chi connectivity index (χ1n) is 10.1. The zero-order chi connectivity index (χ0) is 17.7. The third kappa shape index (κ3) is 8.19. The minimum Gasteiger partial charge on any atom is -0.380 e. The van der Waals surface area contributed by atoms with Crippen molar-refractivity contribution in [1.29, 1.82) is 0 Å². The second kappa shape index (κ2) is 12.3. The van der Waals surface area contributed by atoms with Crippen molar-refractivity contribution < 1.29 is 14.3 Å². The van der Waals surface area contributed by atoms with Crippen molar-refractivity contribution in [2.24, 2.45) is 0 Å². The fourth-order valence-electron chi connectivity index (χ4n) is 3.50. The Morgan fingerprint density at radius 3 is 1.68 bits per heavy atom. The van der Waals surface area contributed by atoms with Crippen molar-refractivity contribution in [2.45, 2.75) is 57.8 Å². The van der Waals surface area contributed by atoms with E-state index >= 15 is 0 Å². The summed E-state index contributed by atoms with van der Waals surface area (Å²) in [6, 6.07) is 0. The molecule has 1 N–H and O–H groups in total. The smallest absolute Gasteiger partial charge is 0.236 e. The first-order valence-corrected chi connectivity index (χ1v) is 10.1. The highest BCUT2D eigenvalue weighted by Gasteiger charge is 2.17. The fourth-order valence-corrected chi connectivity index (χ4v) is 3.50. The summed E-state index contributed by atoms with van der Waals surface area (Å²) in [5.74, 6) is 0.202. The third-order valence-electron chi connectivity index (χ3n) is 5.09. The van der Waals surface area contributed by atoms with Gasteiger partial charge in [-0.1, -0.05) is 25.7 Å². The molecule has 0 aromatic rings. The van der Waals surface area contributed by atoms with Gasteiger partial charge in [-0.15, -0.1) is 0 Å². The lowest BCUT2D eigenvalue weighted by Crippen LogP contribution is -2.44. The molecule has 2 bridgehead atoms. The van der Waals surface area contributed by atoms with Crippen LogP contribution in [-0.2, 0) is 14.3 Å². The van der Waals surface area contributed by atoms with Gasteiger partial charge in [0.15, 0.2) is 0 Å². The van der Waals surface area contributed by atoms with Gasteiger partial charge in [-0.25, -0.2) is 0 Å². The monoisotopic (exact) mass is 353 g/mol. The topological polar surface area (TPSA) is 61.9 Å². The van der Waals surface area contributed by atoms with Gasteiger partial charge in [0.1, 0.15) is 0 Å². The molecule has 2 rings (SSSR count). The summed E-state index contributed by atoms with van der Waals surface area (Å²) in [7, 11) is 0. The molecule has 2 aliphatic heterocycles. The van der Waals surface area contributed by atoms with Crippen molar-refractivity contribution in [2.75, 3.05) is 52.5 Å². The highest BCUT2D eigenvalue weighted by molar-refractivity contribution is 5.81. The summed E-state index contributed by atoms with van der Waals surface area (Å²) >= 11 is 0. The Balaban J connectivity index is 2.03. The van der Waals surface area contributed by atoms with Crippen LogP contribution in [0.3, 0.4) is 0 Å². The highest BCUT2D eigenvalue weighted by atomic mass is 16.5. The molecule has 144 valence electrons. The van der Waals surface area contributed by atoms with Crippen LogP contribution in [0.2, 0.25) is 0 Å². The second-order valence-electron chi connectivity index (χ2n) is 7.16. The van der Waals surface area contributed by atoms with E-state index in [1.54, 1.807) is 0 Å². The maximum atomic E-state index is 12.5. The summed E-state index contributed by atoms with van der Waals surface area (Å²) in [5.41, 5.74) is 0. The Kier molecular flexibility index (Phi) is 9.89. The molecule has 0 atom stereocenters. The van der Waals surface area contributed by atoms with Gasteiger partial charge in [0.05, 0.1) is 19.7 Å². The minimum absolute atomic E-state index is 0.0766. The number of nitrogens with zero attached hydrogens (tertiary/aromatic N) is 2. The minimum atomic E-state index is 0.0766. The molecule has 0 aromatic heterocycles. The van der Waals surface area contributed by atoms with E-state index in [4.69, 9.17) is 4.74 Å². The van der Waals surface area contributed by atoms with Gasteiger partial charge in [-0.05, 0) is 32.1 Å². The Morgan fingerprint density at radius 1 is 0.600 bits per heavy atom. The molecule has 2 saturated heterocycles. The van der Waals surface area contributed by atoms with Crippen LogP contribution in [0.15, 0.2) is 0 Å². The van der Waals surface area contributed by atoms with Crippen LogP contribution in [-0.4, -0.2) is 74.1 Å². The molecule has 2 amide bonds. The molecule has 2 aliphatic rings. The molecule has 6 nitrogen and oxygen atoms in total. The lowest BCUT2D eigenvalue weighted by Gasteiger charge is -2.24. The summed E-state index contributed by atoms with van der Waals surface area (Å²) in [4.78, 5) is 28.8. The Morgan fingerprint density at radius 2 is 1.08 bits per heavy atom. The molecule has 25 heavy (non-hydrogen) atoms. The lowest BCUT2D eigenvalue weighted by atomic mass is 10.1. The number of carbonyl (C=O) groups is 2. The maximum Gasteiger partial charge on any atom is 0.236 e. The van der Waals surface area contributed by atoms with Crippen LogP contribution in [0.1, 0.15) is 57.8 Å². The Labute approximate surface area is 152 Å². The Bertz CT molecular complexity index is 347. The van der Waals surface area contributed by atoms with E-state index in [1.165, 1.54) is 25.7 Å². The molecule has 0 aliphatic carbocycles. The number of hydrogen-bond donors (Lipinski definition) is 1. The van der Waals surface area contributed by atoms with Gasteiger partial charge < -0.3 is 14.5 Å². The molecule has 0 spiro atoms. The van der Waals surface area contributed by atoms with Crippen molar-refractivity contribution in [1.82, 2.24) is 15.1 Å². The van der Waals surface area contributed by atoms with Crippen LogP contribution < -0.4 is 5.32 Å². The van der Waals surface area contributed by atoms with E-state index in [1.807, 2.05) is 9.80 Å². The van der Waals surface area contributed by atoms with E-state index in [-0.39, 0.29) is 24.9 Å². The molecule has 0 unspecified atom stereocenters. The zero-order valence-corrected chi connectivity index (χ0v) is 15.6. The highest BCUT2D eigenvalue weighted by Crippen LogP contribution is 2.09. The summed E-state index contributed by atoms with van der Waals surface area (Å²) in [6.45, 7) is 4.96. The SMILES string of the molecule is O=C1CNCC(=O)N2CCCCCCCCN1CCCCCOCC2. The molecule has 0 saturated carbocycles. The molecule has 2 heterocycles. The number of amides is 2. The van der Waals surface area contributed by atoms with Gasteiger partial charge in [0.25, 0.3) is 0 Å². The first-order chi connectivity index (χ1) is 12.3. The lowest BCUT2D eigenvalue weighted by molar-refractivity contribution is -0.132. The normalized spacial score (nSPS) is 24.2. The molecule has 2 fully saturated rings. The number of nitrogens with one attached hydrogen (secondary N) is 1. The average molecular weight is 354 g/mol. The molecule has 0 aromatic carbocycles.